The summed E-state index contributed by atoms with van der Waals surface area (Å²) in [6.45, 7) is 5.23. The molecule has 0 saturated carbocycles. The first-order chi connectivity index (χ1) is 16.5. The number of rotatable bonds is 9. The highest BCUT2D eigenvalue weighted by atomic mass is 16.5. The molecule has 0 spiro atoms. The van der Waals surface area contributed by atoms with Gasteiger partial charge in [-0.15, -0.1) is 0 Å². The van der Waals surface area contributed by atoms with E-state index in [1.54, 1.807) is 30.3 Å². The topological polar surface area (TPSA) is 67.9 Å². The standard InChI is InChI=1S/C28H28N2O4/c1-3-20(2)22-11-15-25(16-12-22)34-18-17-33-24-13-9-21(10-14-24)19-26-27(31)29-30(28(26)32)23-7-5-4-6-8-23/h4-16,19-20H,3,17-18H2,1-2H3,(H,29,31)/b26-19+. The Morgan fingerprint density at radius 2 is 1.44 bits per heavy atom. The molecule has 6 heteroatoms. The Labute approximate surface area is 199 Å². The van der Waals surface area contributed by atoms with Gasteiger partial charge in [-0.2, -0.15) is 0 Å². The van der Waals surface area contributed by atoms with Gasteiger partial charge in [0.05, 0.1) is 5.69 Å². The number of hydrogen-bond acceptors (Lipinski definition) is 4. The molecule has 0 bridgehead atoms. The summed E-state index contributed by atoms with van der Waals surface area (Å²) in [5.74, 6) is 1.24. The quantitative estimate of drug-likeness (QED) is 0.276. The van der Waals surface area contributed by atoms with Crippen LogP contribution in [0.1, 0.15) is 37.3 Å². The van der Waals surface area contributed by atoms with Crippen molar-refractivity contribution >= 4 is 23.6 Å². The van der Waals surface area contributed by atoms with Gasteiger partial charge >= 0.3 is 0 Å². The molecule has 1 saturated heterocycles. The van der Waals surface area contributed by atoms with Gasteiger partial charge in [0.1, 0.15) is 30.3 Å². The van der Waals surface area contributed by atoms with Gasteiger partial charge in [0.25, 0.3) is 11.8 Å². The lowest BCUT2D eigenvalue weighted by Gasteiger charge is -2.13. The second-order valence-electron chi connectivity index (χ2n) is 8.12. The number of amides is 2. The van der Waals surface area contributed by atoms with Gasteiger partial charge in [-0.25, -0.2) is 5.01 Å². The van der Waals surface area contributed by atoms with E-state index in [0.29, 0.717) is 30.6 Å². The van der Waals surface area contributed by atoms with Crippen molar-refractivity contribution in [1.82, 2.24) is 5.43 Å². The van der Waals surface area contributed by atoms with Crippen LogP contribution in [0, 0.1) is 0 Å². The summed E-state index contributed by atoms with van der Waals surface area (Å²) >= 11 is 0. The average molecular weight is 457 g/mol. The number of ether oxygens (including phenoxy) is 2. The Balaban J connectivity index is 1.29. The number of hydrazine groups is 1. The first kappa shape index (κ1) is 23.1. The first-order valence-electron chi connectivity index (χ1n) is 11.4. The minimum Gasteiger partial charge on any atom is -0.490 e. The van der Waals surface area contributed by atoms with E-state index in [4.69, 9.17) is 9.47 Å². The molecule has 4 rings (SSSR count). The third-order valence-corrected chi connectivity index (χ3v) is 5.78. The van der Waals surface area contributed by atoms with Crippen LogP contribution < -0.4 is 19.9 Å². The van der Waals surface area contributed by atoms with Crippen LogP contribution in [0.4, 0.5) is 5.69 Å². The Hall–Kier alpha value is -4.06. The molecule has 1 unspecified atom stereocenters. The molecule has 3 aromatic carbocycles. The van der Waals surface area contributed by atoms with E-state index in [-0.39, 0.29) is 11.5 Å². The molecular weight excluding hydrogens is 428 g/mol. The van der Waals surface area contributed by atoms with Crippen LogP contribution in [0.25, 0.3) is 6.08 Å². The number of carbonyl (C=O) groups is 2. The maximum Gasteiger partial charge on any atom is 0.282 e. The number of hydrogen-bond donors (Lipinski definition) is 1. The fraction of sp³-hybridized carbons (Fsp3) is 0.214. The smallest absolute Gasteiger partial charge is 0.282 e. The van der Waals surface area contributed by atoms with Gasteiger partial charge in [0, 0.05) is 0 Å². The molecule has 2 amide bonds. The molecule has 1 aliphatic heterocycles. The lowest BCUT2D eigenvalue weighted by Crippen LogP contribution is -2.35. The predicted octanol–water partition coefficient (Wildman–Crippen LogP) is 5.12. The molecule has 0 radical (unpaired) electrons. The zero-order chi connectivity index (χ0) is 23.9. The molecule has 1 atom stereocenters. The molecule has 1 aliphatic rings. The van der Waals surface area contributed by atoms with Crippen LogP contribution >= 0.6 is 0 Å². The van der Waals surface area contributed by atoms with Crippen LogP contribution in [-0.4, -0.2) is 25.0 Å². The van der Waals surface area contributed by atoms with E-state index in [2.05, 4.69) is 31.4 Å². The summed E-state index contributed by atoms with van der Waals surface area (Å²) in [6, 6.07) is 24.4. The maximum absolute atomic E-state index is 12.7. The fourth-order valence-corrected chi connectivity index (χ4v) is 3.59. The third kappa shape index (κ3) is 5.46. The Kier molecular flexibility index (Phi) is 7.28. The predicted molar refractivity (Wildman–Crippen MR) is 133 cm³/mol. The van der Waals surface area contributed by atoms with Crippen LogP contribution in [0.5, 0.6) is 11.5 Å². The number of carbonyl (C=O) groups excluding carboxylic acids is 2. The lowest BCUT2D eigenvalue weighted by molar-refractivity contribution is -0.117. The maximum atomic E-state index is 12.7. The molecule has 1 heterocycles. The Morgan fingerprint density at radius 3 is 2.03 bits per heavy atom. The summed E-state index contributed by atoms with van der Waals surface area (Å²) in [7, 11) is 0. The highest BCUT2D eigenvalue weighted by molar-refractivity contribution is 6.31. The molecule has 174 valence electrons. The van der Waals surface area contributed by atoms with Crippen molar-refractivity contribution in [2.75, 3.05) is 18.2 Å². The number of anilines is 1. The van der Waals surface area contributed by atoms with Crippen molar-refractivity contribution in [3.63, 3.8) is 0 Å². The monoisotopic (exact) mass is 456 g/mol. The fourth-order valence-electron chi connectivity index (χ4n) is 3.59. The molecular formula is C28H28N2O4. The van der Waals surface area contributed by atoms with E-state index < -0.39 is 5.91 Å². The van der Waals surface area contributed by atoms with Gasteiger partial charge in [-0.3, -0.25) is 15.0 Å². The number of para-hydroxylation sites is 1. The third-order valence-electron chi connectivity index (χ3n) is 5.78. The zero-order valence-electron chi connectivity index (χ0n) is 19.4. The molecule has 1 fully saturated rings. The van der Waals surface area contributed by atoms with Gasteiger partial charge < -0.3 is 9.47 Å². The molecule has 0 aromatic heterocycles. The van der Waals surface area contributed by atoms with E-state index in [9.17, 15) is 9.59 Å². The van der Waals surface area contributed by atoms with E-state index in [0.717, 1.165) is 17.7 Å². The first-order valence-corrected chi connectivity index (χ1v) is 11.4. The van der Waals surface area contributed by atoms with Crippen LogP contribution in [-0.2, 0) is 9.59 Å². The van der Waals surface area contributed by atoms with Gasteiger partial charge in [-0.1, -0.05) is 56.3 Å². The zero-order valence-corrected chi connectivity index (χ0v) is 19.4. The van der Waals surface area contributed by atoms with Crippen molar-refractivity contribution in [2.24, 2.45) is 0 Å². The minimum absolute atomic E-state index is 0.0882. The number of benzene rings is 3. The van der Waals surface area contributed by atoms with Crippen molar-refractivity contribution < 1.29 is 19.1 Å². The lowest BCUT2D eigenvalue weighted by atomic mass is 9.99. The van der Waals surface area contributed by atoms with Crippen LogP contribution in [0.3, 0.4) is 0 Å². The van der Waals surface area contributed by atoms with Gasteiger partial charge in [-0.05, 0) is 65.9 Å². The van der Waals surface area contributed by atoms with Crippen molar-refractivity contribution in [3.8, 4) is 11.5 Å². The highest BCUT2D eigenvalue weighted by Crippen LogP contribution is 2.23. The number of nitrogens with zero attached hydrogens (tertiary/aromatic N) is 1. The molecule has 0 aliphatic carbocycles. The Bertz CT molecular complexity index is 1160. The molecule has 3 aromatic rings. The van der Waals surface area contributed by atoms with Gasteiger partial charge in [0.2, 0.25) is 0 Å². The molecule has 34 heavy (non-hydrogen) atoms. The highest BCUT2D eigenvalue weighted by Gasteiger charge is 2.34. The second-order valence-corrected chi connectivity index (χ2v) is 8.12. The molecule has 1 N–H and O–H groups in total. The average Bonchev–Trinajstić information content (AvgIpc) is 3.16. The minimum atomic E-state index is -0.427. The second kappa shape index (κ2) is 10.7. The SMILES string of the molecule is CCC(C)c1ccc(OCCOc2ccc(/C=C3\C(=O)NN(c4ccccc4)C3=O)cc2)cc1. The van der Waals surface area contributed by atoms with E-state index in [1.807, 2.05) is 42.5 Å². The van der Waals surface area contributed by atoms with Gasteiger partial charge in [0.15, 0.2) is 0 Å². The summed E-state index contributed by atoms with van der Waals surface area (Å²) in [5, 5.41) is 1.25. The van der Waals surface area contributed by atoms with Crippen LogP contribution in [0.15, 0.2) is 84.4 Å². The van der Waals surface area contributed by atoms with Crippen LogP contribution in [0.2, 0.25) is 0 Å². The Morgan fingerprint density at radius 1 is 0.853 bits per heavy atom. The summed E-state index contributed by atoms with van der Waals surface area (Å²) in [6.07, 6.45) is 2.69. The number of nitrogens with one attached hydrogen (secondary N) is 1. The van der Waals surface area contributed by atoms with Crippen molar-refractivity contribution in [1.29, 1.82) is 0 Å². The van der Waals surface area contributed by atoms with Crippen molar-refractivity contribution in [3.05, 3.63) is 95.6 Å². The van der Waals surface area contributed by atoms with E-state index >= 15 is 0 Å². The largest absolute Gasteiger partial charge is 0.490 e. The molecule has 6 nitrogen and oxygen atoms in total. The van der Waals surface area contributed by atoms with E-state index in [1.165, 1.54) is 10.6 Å². The summed E-state index contributed by atoms with van der Waals surface area (Å²) < 4.78 is 11.5. The normalized spacial score (nSPS) is 15.4. The van der Waals surface area contributed by atoms with Crippen molar-refractivity contribution in [2.45, 2.75) is 26.2 Å². The summed E-state index contributed by atoms with van der Waals surface area (Å²) in [4.78, 5) is 25.0. The summed E-state index contributed by atoms with van der Waals surface area (Å²) in [5.41, 5.74) is 5.35.